The molecule has 0 saturated heterocycles. The van der Waals surface area contributed by atoms with Gasteiger partial charge in [0.2, 0.25) is 5.56 Å². The lowest BCUT2D eigenvalue weighted by Crippen LogP contribution is -2.16. The lowest BCUT2D eigenvalue weighted by atomic mass is 10.2. The van der Waals surface area contributed by atoms with Gasteiger partial charge < -0.3 is 10.3 Å². The van der Waals surface area contributed by atoms with E-state index in [-0.39, 0.29) is 11.5 Å². The predicted octanol–water partition coefficient (Wildman–Crippen LogP) is 3.46. The highest BCUT2D eigenvalue weighted by Crippen LogP contribution is 2.32. The largest absolute Gasteiger partial charge is 0.329 e. The van der Waals surface area contributed by atoms with Gasteiger partial charge in [-0.25, -0.2) is 0 Å². The number of benzene rings is 1. The Hall–Kier alpha value is -1.40. The number of aryl methyl sites for hydroxylation is 1. The van der Waals surface area contributed by atoms with Crippen molar-refractivity contribution in [3.63, 3.8) is 0 Å². The molecule has 6 heteroatoms. The molecule has 98 valence electrons. The molecule has 2 N–H and O–H groups in total. The van der Waals surface area contributed by atoms with Crippen LogP contribution in [0.5, 0.6) is 0 Å². The Bertz CT molecular complexity index is 672. The highest BCUT2D eigenvalue weighted by molar-refractivity contribution is 9.11. The first-order valence-corrected chi connectivity index (χ1v) is 7.01. The number of nitrogens with one attached hydrogen (secondary N) is 2. The SMILES string of the molecule is Cc1cc(Br)c(NC(=O)c2cc[nH]c(=O)c2)c(Br)c1. The van der Waals surface area contributed by atoms with Crippen LogP contribution in [-0.2, 0) is 0 Å². The van der Waals surface area contributed by atoms with Gasteiger partial charge >= 0.3 is 0 Å². The molecule has 0 fully saturated rings. The summed E-state index contributed by atoms with van der Waals surface area (Å²) >= 11 is 6.80. The van der Waals surface area contributed by atoms with Crippen molar-refractivity contribution in [1.29, 1.82) is 0 Å². The second-order valence-electron chi connectivity index (χ2n) is 4.00. The van der Waals surface area contributed by atoms with Gasteiger partial charge in [-0.15, -0.1) is 0 Å². The van der Waals surface area contributed by atoms with Crippen LogP contribution in [0.4, 0.5) is 5.69 Å². The molecule has 0 unspecified atom stereocenters. The van der Waals surface area contributed by atoms with Gasteiger partial charge in [0.05, 0.1) is 5.69 Å². The number of amides is 1. The summed E-state index contributed by atoms with van der Waals surface area (Å²) in [5.41, 5.74) is 1.70. The molecule has 1 aromatic carbocycles. The van der Waals surface area contributed by atoms with Crippen molar-refractivity contribution in [1.82, 2.24) is 4.98 Å². The van der Waals surface area contributed by atoms with Crippen molar-refractivity contribution in [3.8, 4) is 0 Å². The Morgan fingerprint density at radius 2 is 1.84 bits per heavy atom. The Morgan fingerprint density at radius 1 is 1.21 bits per heavy atom. The van der Waals surface area contributed by atoms with Crippen LogP contribution < -0.4 is 10.9 Å². The van der Waals surface area contributed by atoms with Gasteiger partial charge in [0.25, 0.3) is 5.91 Å². The van der Waals surface area contributed by atoms with Crippen molar-refractivity contribution in [2.75, 3.05) is 5.32 Å². The van der Waals surface area contributed by atoms with Crippen LogP contribution >= 0.6 is 31.9 Å². The molecule has 0 saturated carbocycles. The van der Waals surface area contributed by atoms with Crippen LogP contribution in [0.2, 0.25) is 0 Å². The van der Waals surface area contributed by atoms with E-state index in [4.69, 9.17) is 0 Å². The van der Waals surface area contributed by atoms with E-state index >= 15 is 0 Å². The number of halogens is 2. The normalized spacial score (nSPS) is 10.3. The molecule has 19 heavy (non-hydrogen) atoms. The molecule has 4 nitrogen and oxygen atoms in total. The molecule has 1 heterocycles. The highest BCUT2D eigenvalue weighted by Gasteiger charge is 2.12. The summed E-state index contributed by atoms with van der Waals surface area (Å²) in [6.07, 6.45) is 1.44. The predicted molar refractivity (Wildman–Crippen MR) is 81.6 cm³/mol. The van der Waals surface area contributed by atoms with E-state index in [2.05, 4.69) is 42.2 Å². The zero-order valence-corrected chi connectivity index (χ0v) is 13.1. The van der Waals surface area contributed by atoms with Crippen LogP contribution in [0.3, 0.4) is 0 Å². The van der Waals surface area contributed by atoms with Crippen molar-refractivity contribution in [2.45, 2.75) is 6.92 Å². The lowest BCUT2D eigenvalue weighted by molar-refractivity contribution is 0.102. The minimum Gasteiger partial charge on any atom is -0.329 e. The molecule has 0 aliphatic heterocycles. The van der Waals surface area contributed by atoms with E-state index in [0.29, 0.717) is 11.3 Å². The summed E-state index contributed by atoms with van der Waals surface area (Å²) in [6, 6.07) is 6.61. The molecule has 1 amide bonds. The van der Waals surface area contributed by atoms with E-state index in [1.54, 1.807) is 6.07 Å². The maximum Gasteiger partial charge on any atom is 0.255 e. The molecule has 0 atom stereocenters. The van der Waals surface area contributed by atoms with E-state index in [0.717, 1.165) is 14.5 Å². The molecule has 2 rings (SSSR count). The quantitative estimate of drug-likeness (QED) is 0.831. The van der Waals surface area contributed by atoms with Crippen LogP contribution in [-0.4, -0.2) is 10.9 Å². The summed E-state index contributed by atoms with van der Waals surface area (Å²) in [5, 5.41) is 2.76. The number of pyridine rings is 1. The van der Waals surface area contributed by atoms with Crippen LogP contribution in [0.25, 0.3) is 0 Å². The first-order chi connectivity index (χ1) is 8.97. The number of hydrogen-bond acceptors (Lipinski definition) is 2. The fourth-order valence-electron chi connectivity index (χ4n) is 1.59. The fourth-order valence-corrected chi connectivity index (χ4v) is 3.20. The molecule has 0 radical (unpaired) electrons. The number of hydrogen-bond donors (Lipinski definition) is 2. The third-order valence-electron chi connectivity index (χ3n) is 2.46. The number of carbonyl (C=O) groups is 1. The Balaban J connectivity index is 2.32. The molecule has 0 aliphatic carbocycles. The third-order valence-corrected chi connectivity index (χ3v) is 3.71. The first kappa shape index (κ1) is 14.0. The van der Waals surface area contributed by atoms with Gasteiger partial charge in [0.15, 0.2) is 0 Å². The molecule has 1 aromatic heterocycles. The summed E-state index contributed by atoms with van der Waals surface area (Å²) in [4.78, 5) is 25.7. The van der Waals surface area contributed by atoms with Crippen molar-refractivity contribution >= 4 is 43.5 Å². The maximum atomic E-state index is 12.1. The number of H-pyrrole nitrogens is 1. The first-order valence-electron chi connectivity index (χ1n) is 5.43. The van der Waals surface area contributed by atoms with Crippen molar-refractivity contribution in [2.24, 2.45) is 0 Å². The summed E-state index contributed by atoms with van der Waals surface area (Å²) in [5.74, 6) is -0.337. The molecular formula is C13H10Br2N2O2. The topological polar surface area (TPSA) is 62.0 Å². The highest BCUT2D eigenvalue weighted by atomic mass is 79.9. The van der Waals surface area contributed by atoms with Crippen molar-refractivity contribution < 1.29 is 4.79 Å². The Morgan fingerprint density at radius 3 is 2.42 bits per heavy atom. The zero-order chi connectivity index (χ0) is 14.0. The van der Waals surface area contributed by atoms with E-state index in [1.165, 1.54) is 12.3 Å². The van der Waals surface area contributed by atoms with E-state index in [9.17, 15) is 9.59 Å². The molecule has 2 aromatic rings. The van der Waals surface area contributed by atoms with Crippen LogP contribution in [0.1, 0.15) is 15.9 Å². The Labute approximate surface area is 126 Å². The van der Waals surface area contributed by atoms with Crippen LogP contribution in [0.15, 0.2) is 44.2 Å². The second-order valence-corrected chi connectivity index (χ2v) is 5.71. The number of carbonyl (C=O) groups excluding carboxylic acids is 1. The lowest BCUT2D eigenvalue weighted by Gasteiger charge is -2.10. The van der Waals surface area contributed by atoms with Crippen molar-refractivity contribution in [3.05, 3.63) is 60.9 Å². The zero-order valence-electron chi connectivity index (χ0n) is 9.96. The van der Waals surface area contributed by atoms with Gasteiger partial charge in [0.1, 0.15) is 0 Å². The fraction of sp³-hybridized carbons (Fsp3) is 0.0769. The van der Waals surface area contributed by atoms with E-state index < -0.39 is 0 Å². The minimum absolute atomic E-state index is 0.308. The standard InChI is InChI=1S/C13H10Br2N2O2/c1-7-4-9(14)12(10(15)5-7)17-13(19)8-2-3-16-11(18)6-8/h2-6H,1H3,(H,16,18)(H,17,19). The molecule has 0 spiro atoms. The van der Waals surface area contributed by atoms with Gasteiger partial charge in [0, 0.05) is 26.8 Å². The average molecular weight is 386 g/mol. The van der Waals surface area contributed by atoms with Gasteiger partial charge in [-0.1, -0.05) is 0 Å². The summed E-state index contributed by atoms with van der Waals surface area (Å²) < 4.78 is 1.55. The Kier molecular flexibility index (Phi) is 4.21. The smallest absolute Gasteiger partial charge is 0.255 e. The molecule has 0 aliphatic rings. The summed E-state index contributed by atoms with van der Waals surface area (Å²) in [7, 11) is 0. The third kappa shape index (κ3) is 3.33. The average Bonchev–Trinajstić information content (AvgIpc) is 2.33. The minimum atomic E-state index is -0.337. The van der Waals surface area contributed by atoms with E-state index in [1.807, 2.05) is 19.1 Å². The van der Waals surface area contributed by atoms with Gasteiger partial charge in [-0.3, -0.25) is 9.59 Å². The second kappa shape index (κ2) is 5.71. The number of anilines is 1. The maximum absolute atomic E-state index is 12.1. The summed E-state index contributed by atoms with van der Waals surface area (Å²) in [6.45, 7) is 1.96. The van der Waals surface area contributed by atoms with Gasteiger partial charge in [-0.2, -0.15) is 0 Å². The number of aromatic nitrogens is 1. The van der Waals surface area contributed by atoms with Crippen LogP contribution in [0, 0.1) is 6.92 Å². The molecular weight excluding hydrogens is 376 g/mol. The number of rotatable bonds is 2. The monoisotopic (exact) mass is 384 g/mol. The van der Waals surface area contributed by atoms with Gasteiger partial charge in [-0.05, 0) is 62.5 Å². The number of aromatic amines is 1. The molecule has 0 bridgehead atoms.